The minimum Gasteiger partial charge on any atom is -0.444 e. The first kappa shape index (κ1) is 37.8. The van der Waals surface area contributed by atoms with Crippen molar-refractivity contribution in [2.75, 3.05) is 18.5 Å². The first-order chi connectivity index (χ1) is 21.7. The zero-order valence-electron chi connectivity index (χ0n) is 24.9. The molecule has 2 atom stereocenters. The summed E-state index contributed by atoms with van der Waals surface area (Å²) in [6, 6.07) is 6.14. The summed E-state index contributed by atoms with van der Waals surface area (Å²) < 4.78 is 84.9. The summed E-state index contributed by atoms with van der Waals surface area (Å²) in [5.41, 5.74) is -5.03. The molecule has 3 rings (SSSR count). The quantitative estimate of drug-likeness (QED) is 0.0934. The van der Waals surface area contributed by atoms with E-state index in [0.717, 1.165) is 18.2 Å². The fourth-order valence-electron chi connectivity index (χ4n) is 4.48. The maximum Gasteiger partial charge on any atom is 0.419 e. The molecule has 47 heavy (non-hydrogen) atoms. The summed E-state index contributed by atoms with van der Waals surface area (Å²) in [7, 11) is 0. The molecule has 0 aromatic heterocycles. The van der Waals surface area contributed by atoms with Crippen LogP contribution in [0.15, 0.2) is 72.4 Å². The molecular formula is C31H28Cl3F6N3O4. The second-order valence-corrected chi connectivity index (χ2v) is 13.2. The number of hydrogen-bond acceptors (Lipinski definition) is 5. The first-order valence-electron chi connectivity index (χ1n) is 13.5. The van der Waals surface area contributed by atoms with Gasteiger partial charge in [0.05, 0.1) is 27.3 Å². The number of carbonyl (C=O) groups is 3. The van der Waals surface area contributed by atoms with Crippen molar-refractivity contribution in [2.24, 2.45) is 5.41 Å². The standard InChI is InChI=1S/C31H28Cl3F6N3O4/c1-16(42-27(46)47-28(2,3)4)23(36)10-7-19(13-35)43-26(45)20-12-18(6-8-22(20)32)41-14-29(15-44)25(30(29,33)34)17-5-9-24(37)21(11-17)31(38,39)40/h5-12,15,25,41H,1,13-14H2,2-4H3,(H,42,46)(H,43,45)/b19-7+,23-10+. The van der Waals surface area contributed by atoms with Gasteiger partial charge in [-0.15, -0.1) is 0 Å². The van der Waals surface area contributed by atoms with E-state index in [1.54, 1.807) is 20.8 Å². The number of ether oxygens (including phenoxy) is 1. The molecule has 1 saturated carbocycles. The van der Waals surface area contributed by atoms with Gasteiger partial charge in [0.1, 0.15) is 34.5 Å². The third-order valence-electron chi connectivity index (χ3n) is 6.84. The van der Waals surface area contributed by atoms with Crippen LogP contribution in [-0.2, 0) is 15.7 Å². The Morgan fingerprint density at radius 2 is 1.72 bits per heavy atom. The maximum atomic E-state index is 14.4. The Labute approximate surface area is 280 Å². The van der Waals surface area contributed by atoms with E-state index in [2.05, 4.69) is 22.5 Å². The van der Waals surface area contributed by atoms with Crippen LogP contribution in [-0.4, -0.2) is 41.4 Å². The number of carbonyl (C=O) groups excluding carboxylic acids is 3. The number of rotatable bonds is 11. The molecule has 1 fully saturated rings. The van der Waals surface area contributed by atoms with E-state index in [-0.39, 0.29) is 28.4 Å². The Morgan fingerprint density at radius 1 is 1.06 bits per heavy atom. The van der Waals surface area contributed by atoms with Gasteiger partial charge < -0.3 is 20.2 Å². The summed E-state index contributed by atoms with van der Waals surface area (Å²) in [6.45, 7) is 6.59. The first-order valence-corrected chi connectivity index (χ1v) is 14.7. The van der Waals surface area contributed by atoms with Crippen molar-refractivity contribution in [1.29, 1.82) is 0 Å². The van der Waals surface area contributed by atoms with Gasteiger partial charge in [-0.1, -0.05) is 47.4 Å². The highest BCUT2D eigenvalue weighted by Crippen LogP contribution is 2.73. The van der Waals surface area contributed by atoms with E-state index in [9.17, 15) is 40.7 Å². The van der Waals surface area contributed by atoms with Gasteiger partial charge >= 0.3 is 12.3 Å². The summed E-state index contributed by atoms with van der Waals surface area (Å²) in [6.07, 6.45) is -3.95. The number of amides is 2. The van der Waals surface area contributed by atoms with Crippen molar-refractivity contribution in [2.45, 2.75) is 42.8 Å². The molecule has 2 unspecified atom stereocenters. The predicted molar refractivity (Wildman–Crippen MR) is 166 cm³/mol. The van der Waals surface area contributed by atoms with E-state index in [0.29, 0.717) is 18.4 Å². The molecule has 7 nitrogen and oxygen atoms in total. The Morgan fingerprint density at radius 3 is 2.30 bits per heavy atom. The van der Waals surface area contributed by atoms with Crippen molar-refractivity contribution >= 4 is 58.8 Å². The van der Waals surface area contributed by atoms with E-state index in [4.69, 9.17) is 39.5 Å². The van der Waals surface area contributed by atoms with E-state index in [1.807, 2.05) is 0 Å². The molecule has 0 saturated heterocycles. The SMILES string of the molecule is C=C(NC(=O)OC(C)(C)C)/C(F)=C\C=C(/CF)NC(=O)c1cc(NCC2(C=O)C(c3ccc(F)c(C(F)(F)F)c3)C2(Cl)Cl)ccc1Cl. The fourth-order valence-corrected chi connectivity index (χ4v) is 5.66. The zero-order chi connectivity index (χ0) is 35.5. The summed E-state index contributed by atoms with van der Waals surface area (Å²) in [5.74, 6) is -4.63. The van der Waals surface area contributed by atoms with Crippen LogP contribution in [0.3, 0.4) is 0 Å². The highest BCUT2D eigenvalue weighted by Gasteiger charge is 2.76. The summed E-state index contributed by atoms with van der Waals surface area (Å²) in [4.78, 5) is 36.9. The Hall–Kier alpha value is -3.68. The number of anilines is 1. The van der Waals surface area contributed by atoms with Gasteiger partial charge in [-0.2, -0.15) is 13.2 Å². The minimum absolute atomic E-state index is 0.0765. The molecule has 2 aromatic rings. The molecule has 1 aliphatic rings. The normalized spacial score (nSPS) is 19.4. The van der Waals surface area contributed by atoms with Gasteiger partial charge in [0.2, 0.25) is 0 Å². The number of benzene rings is 2. The minimum atomic E-state index is -5.01. The summed E-state index contributed by atoms with van der Waals surface area (Å²) in [5, 5.41) is 7.09. The van der Waals surface area contributed by atoms with Gasteiger partial charge in [0.25, 0.3) is 5.91 Å². The van der Waals surface area contributed by atoms with Gasteiger partial charge in [0.15, 0.2) is 0 Å². The Kier molecular flexibility index (Phi) is 11.4. The smallest absolute Gasteiger partial charge is 0.419 e. The van der Waals surface area contributed by atoms with E-state index < -0.39 is 74.7 Å². The number of aldehydes is 1. The van der Waals surface area contributed by atoms with Gasteiger partial charge in [-0.3, -0.25) is 10.1 Å². The van der Waals surface area contributed by atoms with Crippen LogP contribution in [0.5, 0.6) is 0 Å². The lowest BCUT2D eigenvalue weighted by atomic mass is 9.98. The molecule has 2 aromatic carbocycles. The molecule has 1 aliphatic carbocycles. The number of hydrogen-bond donors (Lipinski definition) is 3. The molecule has 0 bridgehead atoms. The second kappa shape index (κ2) is 14.2. The third-order valence-corrected chi connectivity index (χ3v) is 8.31. The highest BCUT2D eigenvalue weighted by molar-refractivity contribution is 6.54. The zero-order valence-corrected chi connectivity index (χ0v) is 27.2. The van der Waals surface area contributed by atoms with Crippen LogP contribution in [0.2, 0.25) is 5.02 Å². The Balaban J connectivity index is 1.75. The lowest BCUT2D eigenvalue weighted by Gasteiger charge is -2.19. The summed E-state index contributed by atoms with van der Waals surface area (Å²) >= 11 is 18.9. The second-order valence-electron chi connectivity index (χ2n) is 11.4. The lowest BCUT2D eigenvalue weighted by Crippen LogP contribution is -2.32. The maximum absolute atomic E-state index is 14.4. The van der Waals surface area contributed by atoms with Gasteiger partial charge in [0, 0.05) is 23.8 Å². The largest absolute Gasteiger partial charge is 0.444 e. The Bertz CT molecular complexity index is 1640. The van der Waals surface area contributed by atoms with Crippen LogP contribution < -0.4 is 16.0 Å². The van der Waals surface area contributed by atoms with Crippen LogP contribution in [0.4, 0.5) is 36.8 Å². The molecule has 0 spiro atoms. The molecule has 2 amide bonds. The number of halogens is 9. The van der Waals surface area contributed by atoms with Crippen LogP contribution in [0, 0.1) is 11.2 Å². The highest BCUT2D eigenvalue weighted by atomic mass is 35.5. The molecular weight excluding hydrogens is 699 g/mol. The van der Waals surface area contributed by atoms with Gasteiger partial charge in [-0.25, -0.2) is 18.0 Å². The number of nitrogens with one attached hydrogen (secondary N) is 3. The predicted octanol–water partition coefficient (Wildman–Crippen LogP) is 8.54. The molecule has 0 radical (unpaired) electrons. The molecule has 3 N–H and O–H groups in total. The van der Waals surface area contributed by atoms with E-state index in [1.165, 1.54) is 18.2 Å². The molecule has 0 heterocycles. The molecule has 16 heteroatoms. The van der Waals surface area contributed by atoms with Crippen molar-refractivity contribution in [1.82, 2.24) is 10.6 Å². The topological polar surface area (TPSA) is 96.5 Å². The number of alkyl carbamates (subject to hydrolysis) is 1. The number of allylic oxidation sites excluding steroid dienone is 4. The fraction of sp³-hybridized carbons (Fsp3) is 0.323. The van der Waals surface area contributed by atoms with Crippen LogP contribution in [0.25, 0.3) is 0 Å². The van der Waals surface area contributed by atoms with Crippen molar-refractivity contribution in [3.63, 3.8) is 0 Å². The average molecular weight is 727 g/mol. The van der Waals surface area contributed by atoms with Crippen molar-refractivity contribution in [3.8, 4) is 0 Å². The number of alkyl halides is 6. The van der Waals surface area contributed by atoms with Crippen molar-refractivity contribution < 1.29 is 45.5 Å². The monoisotopic (exact) mass is 725 g/mol. The van der Waals surface area contributed by atoms with E-state index >= 15 is 0 Å². The van der Waals surface area contributed by atoms with Crippen molar-refractivity contribution in [3.05, 3.63) is 99.9 Å². The van der Waals surface area contributed by atoms with Crippen LogP contribution >= 0.6 is 34.8 Å². The molecule has 0 aliphatic heterocycles. The van der Waals surface area contributed by atoms with Gasteiger partial charge in [-0.05, 0) is 68.8 Å². The van der Waals surface area contributed by atoms with Crippen LogP contribution in [0.1, 0.15) is 48.2 Å². The lowest BCUT2D eigenvalue weighted by molar-refractivity contribution is -0.140. The third kappa shape index (κ3) is 8.82. The molecule has 254 valence electrons. The average Bonchev–Trinajstić information content (AvgIpc) is 3.46.